The van der Waals surface area contributed by atoms with Crippen LogP contribution in [0.2, 0.25) is 0 Å². The highest BCUT2D eigenvalue weighted by molar-refractivity contribution is 5.80. The zero-order valence-electron chi connectivity index (χ0n) is 17.3. The third kappa shape index (κ3) is 4.43. The van der Waals surface area contributed by atoms with Crippen molar-refractivity contribution in [1.29, 1.82) is 0 Å². The normalized spacial score (nSPS) is 16.5. The number of carbonyl (C=O) groups is 1. The molecule has 3 aromatic rings. The highest BCUT2D eigenvalue weighted by Crippen LogP contribution is 2.23. The van der Waals surface area contributed by atoms with E-state index in [2.05, 4.69) is 20.3 Å². The molecular weight excluding hydrogens is 383 g/mol. The summed E-state index contributed by atoms with van der Waals surface area (Å²) < 4.78 is 17.7. The van der Waals surface area contributed by atoms with Gasteiger partial charge in [-0.25, -0.2) is 9.37 Å². The van der Waals surface area contributed by atoms with Crippen molar-refractivity contribution in [2.24, 2.45) is 7.05 Å². The fraction of sp³-hybridized carbons (Fsp3) is 0.409. The average molecular weight is 410 g/mol. The Morgan fingerprint density at radius 1 is 1.30 bits per heavy atom. The summed E-state index contributed by atoms with van der Waals surface area (Å²) in [4.78, 5) is 18.8. The average Bonchev–Trinajstić information content (AvgIpc) is 3.40. The number of halogens is 1. The molecule has 158 valence electrons. The number of carbonyl (C=O) groups excluding carboxylic acids is 1. The predicted octanol–water partition coefficient (Wildman–Crippen LogP) is 2.76. The number of benzene rings is 1. The molecule has 0 saturated carbocycles. The van der Waals surface area contributed by atoms with Crippen LogP contribution in [-0.2, 0) is 18.4 Å². The van der Waals surface area contributed by atoms with E-state index < -0.39 is 0 Å². The topological polar surface area (TPSA) is 68.0 Å². The Morgan fingerprint density at radius 3 is 2.77 bits per heavy atom. The molecular formula is C22H27FN6O. The Morgan fingerprint density at radius 2 is 2.07 bits per heavy atom. The third-order valence-electron chi connectivity index (χ3n) is 5.80. The van der Waals surface area contributed by atoms with Crippen LogP contribution in [0.4, 0.5) is 4.39 Å². The van der Waals surface area contributed by atoms with E-state index in [0.29, 0.717) is 11.3 Å². The van der Waals surface area contributed by atoms with Crippen LogP contribution in [0.25, 0.3) is 11.3 Å². The Bertz CT molecular complexity index is 991. The van der Waals surface area contributed by atoms with Crippen molar-refractivity contribution >= 4 is 5.91 Å². The van der Waals surface area contributed by atoms with Crippen LogP contribution in [0.15, 0.2) is 49.1 Å². The minimum absolute atomic E-state index is 0.0209. The van der Waals surface area contributed by atoms with Crippen molar-refractivity contribution in [3.05, 3.63) is 60.6 Å². The molecule has 1 N–H and O–H groups in total. The van der Waals surface area contributed by atoms with E-state index in [1.54, 1.807) is 35.4 Å². The molecule has 1 fully saturated rings. The van der Waals surface area contributed by atoms with Crippen LogP contribution in [0.5, 0.6) is 0 Å². The second-order valence-electron chi connectivity index (χ2n) is 7.87. The smallest absolute Gasteiger partial charge is 0.243 e. The fourth-order valence-electron chi connectivity index (χ4n) is 3.87. The molecule has 1 aliphatic heterocycles. The summed E-state index contributed by atoms with van der Waals surface area (Å²) in [5.41, 5.74) is 2.22. The van der Waals surface area contributed by atoms with Crippen molar-refractivity contribution < 1.29 is 9.18 Å². The first-order valence-corrected chi connectivity index (χ1v) is 10.3. The van der Waals surface area contributed by atoms with Crippen LogP contribution in [0.1, 0.15) is 31.5 Å². The van der Waals surface area contributed by atoms with E-state index in [0.717, 1.165) is 38.2 Å². The van der Waals surface area contributed by atoms with Crippen LogP contribution < -0.4 is 5.32 Å². The second kappa shape index (κ2) is 8.79. The molecule has 7 nitrogen and oxygen atoms in total. The molecule has 1 amide bonds. The van der Waals surface area contributed by atoms with Crippen molar-refractivity contribution in [2.75, 3.05) is 13.1 Å². The summed E-state index contributed by atoms with van der Waals surface area (Å²) in [5.74, 6) is -0.240. The number of nitrogens with one attached hydrogen (secondary N) is 1. The Kier molecular flexibility index (Phi) is 5.94. The number of aryl methyl sites for hydroxylation is 1. The van der Waals surface area contributed by atoms with Crippen molar-refractivity contribution in [2.45, 2.75) is 38.4 Å². The summed E-state index contributed by atoms with van der Waals surface area (Å²) in [6.45, 7) is 4.42. The minimum Gasteiger partial charge on any atom is -0.351 e. The summed E-state index contributed by atoms with van der Waals surface area (Å²) in [5, 5.41) is 7.65. The van der Waals surface area contributed by atoms with Crippen molar-refractivity contribution in [3.63, 3.8) is 0 Å². The maximum Gasteiger partial charge on any atom is 0.243 e. The first-order chi connectivity index (χ1) is 14.5. The van der Waals surface area contributed by atoms with Gasteiger partial charge >= 0.3 is 0 Å². The number of piperidine rings is 1. The Balaban J connectivity index is 1.31. The fourth-order valence-corrected chi connectivity index (χ4v) is 3.87. The standard InChI is InChI=1S/C22H27FN6O/c1-16(29-12-9-24-15-29)22(30)25-17-7-10-28(11-8-17)14-18-13-21(26-27(18)2)19-5-3-4-6-20(19)23/h3-6,9,12-13,15-17H,7-8,10-11,14H2,1-2H3,(H,25,30)/t16-/m0/s1. The molecule has 1 atom stereocenters. The molecule has 0 bridgehead atoms. The van der Waals surface area contributed by atoms with Crippen LogP contribution in [-0.4, -0.2) is 49.3 Å². The maximum atomic E-state index is 14.1. The molecule has 2 aromatic heterocycles. The molecule has 3 heterocycles. The lowest BCUT2D eigenvalue weighted by Gasteiger charge is -2.32. The monoisotopic (exact) mass is 410 g/mol. The molecule has 1 aliphatic rings. The van der Waals surface area contributed by atoms with Gasteiger partial charge in [0.2, 0.25) is 5.91 Å². The van der Waals surface area contributed by atoms with E-state index in [1.165, 1.54) is 6.07 Å². The Hall–Kier alpha value is -3.00. The van der Waals surface area contributed by atoms with E-state index in [4.69, 9.17) is 0 Å². The largest absolute Gasteiger partial charge is 0.351 e. The molecule has 4 rings (SSSR count). The molecule has 0 unspecified atom stereocenters. The lowest BCUT2D eigenvalue weighted by molar-refractivity contribution is -0.124. The number of nitrogens with zero attached hydrogens (tertiary/aromatic N) is 5. The molecule has 1 aromatic carbocycles. The van der Waals surface area contributed by atoms with E-state index in [1.807, 2.05) is 30.8 Å². The molecule has 30 heavy (non-hydrogen) atoms. The summed E-state index contributed by atoms with van der Waals surface area (Å²) in [7, 11) is 1.89. The van der Waals surface area contributed by atoms with Gasteiger partial charge in [-0.1, -0.05) is 12.1 Å². The lowest BCUT2D eigenvalue weighted by Crippen LogP contribution is -2.46. The van der Waals surface area contributed by atoms with Gasteiger partial charge in [-0.15, -0.1) is 0 Å². The van der Waals surface area contributed by atoms with Gasteiger partial charge in [-0.3, -0.25) is 14.4 Å². The second-order valence-corrected chi connectivity index (χ2v) is 7.87. The number of hydrogen-bond donors (Lipinski definition) is 1. The number of aromatic nitrogens is 4. The zero-order chi connectivity index (χ0) is 21.1. The van der Waals surface area contributed by atoms with Crippen LogP contribution in [0.3, 0.4) is 0 Å². The molecule has 8 heteroatoms. The van der Waals surface area contributed by atoms with Crippen molar-refractivity contribution in [3.8, 4) is 11.3 Å². The number of hydrogen-bond acceptors (Lipinski definition) is 4. The third-order valence-corrected chi connectivity index (χ3v) is 5.80. The Labute approximate surface area is 175 Å². The number of rotatable bonds is 6. The number of imidazole rings is 1. The molecule has 1 saturated heterocycles. The molecule has 0 aliphatic carbocycles. The van der Waals surface area contributed by atoms with Crippen LogP contribution in [0, 0.1) is 5.82 Å². The van der Waals surface area contributed by atoms with Gasteiger partial charge in [0.1, 0.15) is 11.9 Å². The summed E-state index contributed by atoms with van der Waals surface area (Å²) in [6.07, 6.45) is 6.95. The van der Waals surface area contributed by atoms with Gasteiger partial charge in [-0.2, -0.15) is 5.10 Å². The van der Waals surface area contributed by atoms with E-state index in [-0.39, 0.29) is 23.8 Å². The first kappa shape index (κ1) is 20.3. The highest BCUT2D eigenvalue weighted by atomic mass is 19.1. The minimum atomic E-state index is -0.267. The van der Waals surface area contributed by atoms with Gasteiger partial charge in [0.15, 0.2) is 0 Å². The van der Waals surface area contributed by atoms with Crippen molar-refractivity contribution in [1.82, 2.24) is 29.5 Å². The highest BCUT2D eigenvalue weighted by Gasteiger charge is 2.24. The van der Waals surface area contributed by atoms with Gasteiger partial charge in [0.25, 0.3) is 0 Å². The predicted molar refractivity (Wildman–Crippen MR) is 112 cm³/mol. The molecule has 0 spiro atoms. The SMILES string of the molecule is C[C@@H](C(=O)NC1CCN(Cc2cc(-c3ccccc3F)nn2C)CC1)n1ccnc1. The van der Waals surface area contributed by atoms with Gasteiger partial charge in [0, 0.05) is 50.7 Å². The van der Waals surface area contributed by atoms with Gasteiger partial charge < -0.3 is 9.88 Å². The first-order valence-electron chi connectivity index (χ1n) is 10.3. The summed E-state index contributed by atoms with van der Waals surface area (Å²) in [6, 6.07) is 8.58. The van der Waals surface area contributed by atoms with E-state index in [9.17, 15) is 9.18 Å². The summed E-state index contributed by atoms with van der Waals surface area (Å²) >= 11 is 0. The quantitative estimate of drug-likeness (QED) is 0.679. The molecule has 0 radical (unpaired) electrons. The van der Waals surface area contributed by atoms with Gasteiger partial charge in [0.05, 0.1) is 17.7 Å². The zero-order valence-corrected chi connectivity index (χ0v) is 17.3. The number of amides is 1. The maximum absolute atomic E-state index is 14.1. The van der Waals surface area contributed by atoms with Gasteiger partial charge in [-0.05, 0) is 38.0 Å². The lowest BCUT2D eigenvalue weighted by atomic mass is 10.0. The van der Waals surface area contributed by atoms with E-state index >= 15 is 0 Å². The van der Waals surface area contributed by atoms with Crippen LogP contribution >= 0.6 is 0 Å². The number of likely N-dealkylation sites (tertiary alicyclic amines) is 1.